The topological polar surface area (TPSA) is 29.5 Å². The van der Waals surface area contributed by atoms with Crippen molar-refractivity contribution in [2.24, 2.45) is 5.92 Å². The normalized spacial score (nSPS) is 13.0. The van der Waals surface area contributed by atoms with Gasteiger partial charge in [0.05, 0.1) is 0 Å². The van der Waals surface area contributed by atoms with E-state index in [1.807, 2.05) is 0 Å². The molecule has 0 radical (unpaired) electrons. The van der Waals surface area contributed by atoms with Crippen LogP contribution in [-0.4, -0.2) is 26.6 Å². The number of benzene rings is 2. The van der Waals surface area contributed by atoms with Gasteiger partial charge >= 0.3 is 0 Å². The van der Waals surface area contributed by atoms with Gasteiger partial charge in [0.1, 0.15) is 0 Å². The van der Waals surface area contributed by atoms with Gasteiger partial charge in [-0.25, -0.2) is 0 Å². The second kappa shape index (κ2) is 22.1. The minimum Gasteiger partial charge on any atom is -0.407 e. The number of unbranched alkanes of at least 4 members (excludes halogenated alkanes) is 14. The third kappa shape index (κ3) is 13.5. The molecule has 2 aromatic carbocycles. The fourth-order valence-electron chi connectivity index (χ4n) is 6.77. The highest BCUT2D eigenvalue weighted by Gasteiger charge is 2.49. The second-order valence-corrected chi connectivity index (χ2v) is 18.1. The quantitative estimate of drug-likeness (QED) is 0.0915. The molecule has 0 aliphatic carbocycles. The average molecular weight is 595 g/mol. The lowest BCUT2D eigenvalue weighted by Gasteiger charge is -2.43. The minimum atomic E-state index is -2.39. The molecular formula is C39H66O2Si. The van der Waals surface area contributed by atoms with Crippen LogP contribution < -0.4 is 10.4 Å². The summed E-state index contributed by atoms with van der Waals surface area (Å²) in [5.74, 6) is 0.747. The highest BCUT2D eigenvalue weighted by Crippen LogP contribution is 2.37. The van der Waals surface area contributed by atoms with Crippen molar-refractivity contribution >= 4 is 18.7 Å². The first kappa shape index (κ1) is 36.8. The molecule has 0 aromatic heterocycles. The van der Waals surface area contributed by atoms with E-state index in [-0.39, 0.29) is 5.04 Å². The molecule has 3 heteroatoms. The third-order valence-corrected chi connectivity index (χ3v) is 14.3. The SMILES string of the molecule is CCCCCCCCCC(CCO)CCCCCCCCCCCO[Si](c1ccccc1)(c1ccccc1)C(C)(C)C. The lowest BCUT2D eigenvalue weighted by Crippen LogP contribution is -2.66. The number of hydrogen-bond acceptors (Lipinski definition) is 2. The van der Waals surface area contributed by atoms with E-state index < -0.39 is 8.32 Å². The number of rotatable bonds is 25. The van der Waals surface area contributed by atoms with Crippen molar-refractivity contribution < 1.29 is 9.53 Å². The Kier molecular flexibility index (Phi) is 19.4. The van der Waals surface area contributed by atoms with Gasteiger partial charge in [0.15, 0.2) is 0 Å². The Morgan fingerprint density at radius 1 is 0.571 bits per heavy atom. The van der Waals surface area contributed by atoms with Crippen LogP contribution in [0.15, 0.2) is 60.7 Å². The molecule has 0 aliphatic rings. The van der Waals surface area contributed by atoms with Gasteiger partial charge in [0.2, 0.25) is 0 Å². The zero-order chi connectivity index (χ0) is 30.4. The summed E-state index contributed by atoms with van der Waals surface area (Å²) in [5, 5.41) is 12.3. The third-order valence-electron chi connectivity index (χ3n) is 9.25. The van der Waals surface area contributed by atoms with Crippen molar-refractivity contribution in [3.05, 3.63) is 60.7 Å². The molecule has 0 bridgehead atoms. The van der Waals surface area contributed by atoms with Crippen LogP contribution in [0.25, 0.3) is 0 Å². The number of aliphatic hydroxyl groups is 1. The number of hydrogen-bond donors (Lipinski definition) is 1. The summed E-state index contributed by atoms with van der Waals surface area (Å²) in [5.41, 5.74) is 0. The molecule has 1 atom stereocenters. The molecule has 2 rings (SSSR count). The van der Waals surface area contributed by atoms with Crippen molar-refractivity contribution in [1.82, 2.24) is 0 Å². The zero-order valence-corrected chi connectivity index (χ0v) is 29.1. The maximum absolute atomic E-state index is 9.49. The molecule has 1 N–H and O–H groups in total. The van der Waals surface area contributed by atoms with Gasteiger partial charge in [-0.15, -0.1) is 0 Å². The lowest BCUT2D eigenvalue weighted by atomic mass is 9.91. The molecule has 0 amide bonds. The van der Waals surface area contributed by atoms with Gasteiger partial charge in [0.25, 0.3) is 8.32 Å². The van der Waals surface area contributed by atoms with E-state index in [0.29, 0.717) is 6.61 Å². The van der Waals surface area contributed by atoms with Crippen molar-refractivity contribution in [3.8, 4) is 0 Å². The fraction of sp³-hybridized carbons (Fsp3) is 0.692. The van der Waals surface area contributed by atoms with Crippen LogP contribution in [0.3, 0.4) is 0 Å². The van der Waals surface area contributed by atoms with Crippen LogP contribution in [0, 0.1) is 5.92 Å². The highest BCUT2D eigenvalue weighted by molar-refractivity contribution is 6.99. The van der Waals surface area contributed by atoms with E-state index in [2.05, 4.69) is 88.4 Å². The molecule has 0 saturated heterocycles. The predicted octanol–water partition coefficient (Wildman–Crippen LogP) is 10.6. The average Bonchev–Trinajstić information content (AvgIpc) is 2.99. The Morgan fingerprint density at radius 2 is 0.976 bits per heavy atom. The summed E-state index contributed by atoms with van der Waals surface area (Å²) >= 11 is 0. The summed E-state index contributed by atoms with van der Waals surface area (Å²) in [6.45, 7) is 10.6. The van der Waals surface area contributed by atoms with E-state index in [1.165, 1.54) is 120 Å². The summed E-state index contributed by atoms with van der Waals surface area (Å²) in [7, 11) is -2.39. The summed E-state index contributed by atoms with van der Waals surface area (Å²) < 4.78 is 7.05. The Bertz CT molecular complexity index is 837. The molecule has 0 saturated carbocycles. The monoisotopic (exact) mass is 594 g/mol. The first-order chi connectivity index (χ1) is 20.5. The van der Waals surface area contributed by atoms with E-state index >= 15 is 0 Å². The van der Waals surface area contributed by atoms with Gasteiger partial charge < -0.3 is 9.53 Å². The lowest BCUT2D eigenvalue weighted by molar-refractivity contribution is 0.241. The summed E-state index contributed by atoms with van der Waals surface area (Å²) in [6.07, 6.45) is 25.3. The molecule has 2 aromatic rings. The molecule has 42 heavy (non-hydrogen) atoms. The van der Waals surface area contributed by atoms with E-state index in [0.717, 1.165) is 25.4 Å². The maximum Gasteiger partial charge on any atom is 0.261 e. The van der Waals surface area contributed by atoms with Crippen LogP contribution in [0.2, 0.25) is 5.04 Å². The van der Waals surface area contributed by atoms with Crippen LogP contribution in [-0.2, 0) is 4.43 Å². The summed E-state index contributed by atoms with van der Waals surface area (Å²) in [4.78, 5) is 0. The van der Waals surface area contributed by atoms with Crippen molar-refractivity contribution in [1.29, 1.82) is 0 Å². The van der Waals surface area contributed by atoms with Gasteiger partial charge in [-0.2, -0.15) is 0 Å². The van der Waals surface area contributed by atoms with Crippen LogP contribution >= 0.6 is 0 Å². The zero-order valence-electron chi connectivity index (χ0n) is 28.1. The van der Waals surface area contributed by atoms with Gasteiger partial charge in [-0.3, -0.25) is 0 Å². The fourth-order valence-corrected chi connectivity index (χ4v) is 11.4. The molecule has 2 nitrogen and oxygen atoms in total. The Hall–Kier alpha value is -1.42. The molecule has 0 fully saturated rings. The van der Waals surface area contributed by atoms with Crippen LogP contribution in [0.1, 0.15) is 150 Å². The number of aliphatic hydroxyl groups excluding tert-OH is 1. The van der Waals surface area contributed by atoms with E-state index in [1.54, 1.807) is 0 Å². The standard InChI is InChI=1S/C39H66O2Si/c1-5-6-7-8-12-15-20-27-36(33-34-40)28-21-16-13-10-9-11-14-17-26-35-41-42(39(2,3)4,37-29-22-18-23-30-37)38-31-24-19-25-32-38/h18-19,22-25,29-32,36,40H,5-17,20-21,26-28,33-35H2,1-4H3. The highest BCUT2D eigenvalue weighted by atomic mass is 28.4. The van der Waals surface area contributed by atoms with Crippen LogP contribution in [0.4, 0.5) is 0 Å². The predicted molar refractivity (Wildman–Crippen MR) is 188 cm³/mol. The van der Waals surface area contributed by atoms with Gasteiger partial charge in [-0.05, 0) is 34.2 Å². The van der Waals surface area contributed by atoms with Gasteiger partial charge in [0, 0.05) is 13.2 Å². The van der Waals surface area contributed by atoms with Crippen molar-refractivity contribution in [2.45, 2.75) is 155 Å². The van der Waals surface area contributed by atoms with Gasteiger partial charge in [-0.1, -0.05) is 198 Å². The smallest absolute Gasteiger partial charge is 0.261 e. The Balaban J connectivity index is 1.60. The largest absolute Gasteiger partial charge is 0.407 e. The maximum atomic E-state index is 9.49. The second-order valence-electron chi connectivity index (χ2n) is 13.8. The molecule has 238 valence electrons. The minimum absolute atomic E-state index is 0.0572. The van der Waals surface area contributed by atoms with Crippen molar-refractivity contribution in [2.75, 3.05) is 13.2 Å². The summed E-state index contributed by atoms with van der Waals surface area (Å²) in [6, 6.07) is 22.0. The molecular weight excluding hydrogens is 529 g/mol. The first-order valence-electron chi connectivity index (χ1n) is 17.8. The molecule has 0 aliphatic heterocycles. The Labute approximate surface area is 262 Å². The first-order valence-corrected chi connectivity index (χ1v) is 19.7. The van der Waals surface area contributed by atoms with Crippen LogP contribution in [0.5, 0.6) is 0 Å². The molecule has 0 spiro atoms. The van der Waals surface area contributed by atoms with E-state index in [4.69, 9.17) is 4.43 Å². The molecule has 0 heterocycles. The molecule has 1 unspecified atom stereocenters. The van der Waals surface area contributed by atoms with Crippen molar-refractivity contribution in [3.63, 3.8) is 0 Å². The van der Waals surface area contributed by atoms with E-state index in [9.17, 15) is 5.11 Å². The Morgan fingerprint density at radius 3 is 1.38 bits per heavy atom.